The molecule has 0 radical (unpaired) electrons. The monoisotopic (exact) mass is 380 g/mol. The molecule has 5 nitrogen and oxygen atoms in total. The number of nitrogens with one attached hydrogen (secondary N) is 1. The molecule has 1 aromatic heterocycles. The third-order valence-corrected chi connectivity index (χ3v) is 5.21. The van der Waals surface area contributed by atoms with E-state index in [1.54, 1.807) is 18.2 Å². The van der Waals surface area contributed by atoms with Crippen LogP contribution in [0, 0.1) is 0 Å². The summed E-state index contributed by atoms with van der Waals surface area (Å²) in [6, 6.07) is 10.7. The summed E-state index contributed by atoms with van der Waals surface area (Å²) in [6.07, 6.45) is -0.744. The highest BCUT2D eigenvalue weighted by molar-refractivity contribution is 7.22. The lowest BCUT2D eigenvalue weighted by Crippen LogP contribution is -2.40. The molecule has 0 saturated heterocycles. The van der Waals surface area contributed by atoms with Crippen molar-refractivity contribution in [2.45, 2.75) is 6.10 Å². The Kier molecular flexibility index (Phi) is 3.96. The smallest absolute Gasteiger partial charge is 0.270 e. The highest BCUT2D eigenvalue weighted by atomic mass is 35.5. The number of aromatic nitrogens is 1. The fraction of sp³-hybridized carbons (Fsp3) is 0.125. The number of halogens is 2. The molecule has 0 unspecified atom stereocenters. The van der Waals surface area contributed by atoms with Gasteiger partial charge < -0.3 is 9.47 Å². The number of nitrogens with zero attached hydrogens (tertiary/aromatic N) is 1. The summed E-state index contributed by atoms with van der Waals surface area (Å²) < 4.78 is 12.1. The van der Waals surface area contributed by atoms with Crippen molar-refractivity contribution in [3.63, 3.8) is 0 Å². The van der Waals surface area contributed by atoms with Gasteiger partial charge in [-0.1, -0.05) is 46.7 Å². The largest absolute Gasteiger partial charge is 0.485 e. The third-order valence-electron chi connectivity index (χ3n) is 3.48. The van der Waals surface area contributed by atoms with Crippen molar-refractivity contribution in [1.82, 2.24) is 4.98 Å². The van der Waals surface area contributed by atoms with Crippen molar-refractivity contribution >= 4 is 55.8 Å². The molecule has 122 valence electrons. The van der Waals surface area contributed by atoms with Gasteiger partial charge in [0.25, 0.3) is 5.91 Å². The maximum atomic E-state index is 12.4. The first-order valence-electron chi connectivity index (χ1n) is 7.06. The number of para-hydroxylation sites is 2. The van der Waals surface area contributed by atoms with Gasteiger partial charge in [0.1, 0.15) is 12.1 Å². The van der Waals surface area contributed by atoms with E-state index in [9.17, 15) is 4.79 Å². The van der Waals surface area contributed by atoms with Crippen molar-refractivity contribution in [1.29, 1.82) is 0 Å². The Bertz CT molecular complexity index is 944. The Morgan fingerprint density at radius 3 is 2.83 bits per heavy atom. The average Bonchev–Trinajstić information content (AvgIpc) is 3.01. The Hall–Kier alpha value is -2.02. The van der Waals surface area contributed by atoms with Crippen LogP contribution in [0.5, 0.6) is 11.5 Å². The number of thiazole rings is 1. The van der Waals surface area contributed by atoms with E-state index in [1.807, 2.05) is 18.2 Å². The van der Waals surface area contributed by atoms with Crippen LogP contribution < -0.4 is 14.8 Å². The maximum Gasteiger partial charge on any atom is 0.270 e. The molecule has 1 aliphatic rings. The zero-order valence-electron chi connectivity index (χ0n) is 12.1. The average molecular weight is 381 g/mol. The minimum atomic E-state index is -0.744. The van der Waals surface area contributed by atoms with Gasteiger partial charge in [-0.2, -0.15) is 0 Å². The lowest BCUT2D eigenvalue weighted by atomic mass is 10.2. The number of benzene rings is 2. The molecule has 8 heteroatoms. The van der Waals surface area contributed by atoms with E-state index in [-0.39, 0.29) is 12.5 Å². The van der Waals surface area contributed by atoms with E-state index < -0.39 is 6.10 Å². The van der Waals surface area contributed by atoms with Gasteiger partial charge in [0, 0.05) is 0 Å². The first-order valence-corrected chi connectivity index (χ1v) is 8.63. The molecule has 1 atom stereocenters. The second kappa shape index (κ2) is 6.12. The third kappa shape index (κ3) is 2.77. The molecule has 0 spiro atoms. The van der Waals surface area contributed by atoms with E-state index in [4.69, 9.17) is 32.7 Å². The number of amides is 1. The normalized spacial score (nSPS) is 16.2. The van der Waals surface area contributed by atoms with Gasteiger partial charge in [-0.15, -0.1) is 0 Å². The first-order chi connectivity index (χ1) is 11.6. The van der Waals surface area contributed by atoms with Crippen LogP contribution in [0.2, 0.25) is 10.0 Å². The molecule has 2 aromatic carbocycles. The van der Waals surface area contributed by atoms with Gasteiger partial charge in [-0.3, -0.25) is 10.1 Å². The zero-order chi connectivity index (χ0) is 16.7. The van der Waals surface area contributed by atoms with Crippen LogP contribution in [0.4, 0.5) is 5.13 Å². The van der Waals surface area contributed by atoms with Crippen molar-refractivity contribution in [2.24, 2.45) is 0 Å². The Balaban J connectivity index is 1.54. The second-order valence-corrected chi connectivity index (χ2v) is 6.90. The van der Waals surface area contributed by atoms with Gasteiger partial charge in [-0.25, -0.2) is 4.98 Å². The quantitative estimate of drug-likeness (QED) is 0.716. The molecule has 24 heavy (non-hydrogen) atoms. The first kappa shape index (κ1) is 15.5. The van der Waals surface area contributed by atoms with Crippen LogP contribution in [0.3, 0.4) is 0 Å². The lowest BCUT2D eigenvalue weighted by molar-refractivity contribution is -0.125. The SMILES string of the molecule is O=C(Nc1nc2c(Cl)c(Cl)ccc2s1)[C@H]1COc2ccccc2O1. The van der Waals surface area contributed by atoms with Crippen molar-refractivity contribution in [3.8, 4) is 11.5 Å². The zero-order valence-corrected chi connectivity index (χ0v) is 14.4. The molecule has 0 fully saturated rings. The van der Waals surface area contributed by atoms with Crippen LogP contribution in [0.1, 0.15) is 0 Å². The maximum absolute atomic E-state index is 12.4. The molecular weight excluding hydrogens is 371 g/mol. The van der Waals surface area contributed by atoms with Gasteiger partial charge in [0.2, 0.25) is 6.10 Å². The number of carbonyl (C=O) groups is 1. The number of rotatable bonds is 2. The predicted octanol–water partition coefficient (Wildman–Crippen LogP) is 4.38. The van der Waals surface area contributed by atoms with E-state index in [2.05, 4.69) is 10.3 Å². The fourth-order valence-electron chi connectivity index (χ4n) is 2.33. The number of carbonyl (C=O) groups excluding carboxylic acids is 1. The van der Waals surface area contributed by atoms with E-state index in [1.165, 1.54) is 11.3 Å². The molecule has 4 rings (SSSR count). The van der Waals surface area contributed by atoms with Gasteiger partial charge in [0.05, 0.1) is 14.7 Å². The summed E-state index contributed by atoms with van der Waals surface area (Å²) in [5, 5.41) is 3.97. The summed E-state index contributed by atoms with van der Waals surface area (Å²) in [4.78, 5) is 16.7. The van der Waals surface area contributed by atoms with Crippen molar-refractivity contribution < 1.29 is 14.3 Å². The number of anilines is 1. The summed E-state index contributed by atoms with van der Waals surface area (Å²) in [5.41, 5.74) is 0.565. The molecule has 1 aliphatic heterocycles. The molecule has 1 amide bonds. The van der Waals surface area contributed by atoms with Crippen LogP contribution in [0.25, 0.3) is 10.2 Å². The van der Waals surface area contributed by atoms with E-state index >= 15 is 0 Å². The van der Waals surface area contributed by atoms with Gasteiger partial charge in [0.15, 0.2) is 16.6 Å². The number of fused-ring (bicyclic) bond motifs is 2. The second-order valence-electron chi connectivity index (χ2n) is 5.08. The van der Waals surface area contributed by atoms with Crippen LogP contribution in [-0.4, -0.2) is 23.6 Å². The van der Waals surface area contributed by atoms with E-state index in [0.29, 0.717) is 32.2 Å². The Labute approximate surface area is 151 Å². The summed E-state index contributed by atoms with van der Waals surface area (Å²) in [6.45, 7) is 0.139. The fourth-order valence-corrected chi connectivity index (χ4v) is 3.62. The molecule has 3 aromatic rings. The molecule has 0 bridgehead atoms. The summed E-state index contributed by atoms with van der Waals surface area (Å²) in [7, 11) is 0. The highest BCUT2D eigenvalue weighted by Crippen LogP contribution is 2.36. The number of hydrogen-bond donors (Lipinski definition) is 1. The van der Waals surface area contributed by atoms with Crippen LogP contribution in [0.15, 0.2) is 36.4 Å². The molecule has 1 N–H and O–H groups in total. The number of hydrogen-bond acceptors (Lipinski definition) is 5. The Morgan fingerprint density at radius 1 is 1.21 bits per heavy atom. The van der Waals surface area contributed by atoms with Crippen molar-refractivity contribution in [3.05, 3.63) is 46.4 Å². The minimum absolute atomic E-state index is 0.139. The predicted molar refractivity (Wildman–Crippen MR) is 94.6 cm³/mol. The van der Waals surface area contributed by atoms with E-state index in [0.717, 1.165) is 4.70 Å². The number of ether oxygens (including phenoxy) is 2. The topological polar surface area (TPSA) is 60.5 Å². The molecule has 0 aliphatic carbocycles. The molecule has 0 saturated carbocycles. The highest BCUT2D eigenvalue weighted by Gasteiger charge is 2.28. The molecular formula is C16H10Cl2N2O3S. The molecule has 2 heterocycles. The van der Waals surface area contributed by atoms with Crippen LogP contribution >= 0.6 is 34.5 Å². The van der Waals surface area contributed by atoms with Crippen molar-refractivity contribution in [2.75, 3.05) is 11.9 Å². The van der Waals surface area contributed by atoms with Gasteiger partial charge >= 0.3 is 0 Å². The van der Waals surface area contributed by atoms with Crippen LogP contribution in [-0.2, 0) is 4.79 Å². The summed E-state index contributed by atoms with van der Waals surface area (Å²) >= 11 is 13.4. The standard InChI is InChI=1S/C16H10Cl2N2O3S/c17-8-5-6-12-14(13(8)18)19-16(24-12)20-15(21)11-7-22-9-3-1-2-4-10(9)23-11/h1-6,11H,7H2,(H,19,20,21)/t11-/m1/s1. The summed E-state index contributed by atoms with van der Waals surface area (Å²) in [5.74, 6) is 0.844. The van der Waals surface area contributed by atoms with Gasteiger partial charge in [-0.05, 0) is 24.3 Å². The lowest BCUT2D eigenvalue weighted by Gasteiger charge is -2.25. The Morgan fingerprint density at radius 2 is 2.00 bits per heavy atom. The minimum Gasteiger partial charge on any atom is -0.485 e.